The molecule has 0 spiro atoms. The molecule has 4 rings (SSSR count). The summed E-state index contributed by atoms with van der Waals surface area (Å²) in [5.41, 5.74) is 0. The molecule has 128 valence electrons. The zero-order chi connectivity index (χ0) is 15.6. The highest BCUT2D eigenvalue weighted by Crippen LogP contribution is 2.37. The van der Waals surface area contributed by atoms with Gasteiger partial charge in [-0.2, -0.15) is 4.98 Å². The first kappa shape index (κ1) is 15.5. The summed E-state index contributed by atoms with van der Waals surface area (Å²) in [6, 6.07) is 0.583. The lowest BCUT2D eigenvalue weighted by Gasteiger charge is -2.36. The first-order valence-corrected chi connectivity index (χ1v) is 9.22. The van der Waals surface area contributed by atoms with Crippen LogP contribution in [0.2, 0.25) is 0 Å². The van der Waals surface area contributed by atoms with Crippen LogP contribution in [-0.4, -0.2) is 64.8 Å². The second kappa shape index (κ2) is 6.87. The van der Waals surface area contributed by atoms with Crippen molar-refractivity contribution in [2.45, 2.75) is 63.7 Å². The summed E-state index contributed by atoms with van der Waals surface area (Å²) >= 11 is 0. The van der Waals surface area contributed by atoms with Gasteiger partial charge in [-0.3, -0.25) is 4.90 Å². The summed E-state index contributed by atoms with van der Waals surface area (Å²) < 4.78 is 11.6. The van der Waals surface area contributed by atoms with Crippen molar-refractivity contribution < 1.29 is 9.26 Å². The van der Waals surface area contributed by atoms with Gasteiger partial charge in [-0.15, -0.1) is 0 Å². The molecule has 3 saturated heterocycles. The fourth-order valence-electron chi connectivity index (χ4n) is 4.37. The third kappa shape index (κ3) is 3.44. The van der Waals surface area contributed by atoms with Gasteiger partial charge in [0.05, 0.1) is 6.10 Å². The lowest BCUT2D eigenvalue weighted by Crippen LogP contribution is -2.44. The Morgan fingerprint density at radius 2 is 1.91 bits per heavy atom. The monoisotopic (exact) mass is 320 g/mol. The van der Waals surface area contributed by atoms with Crippen LogP contribution >= 0.6 is 0 Å². The Hall–Kier alpha value is -0.980. The van der Waals surface area contributed by atoms with Crippen LogP contribution in [0.25, 0.3) is 0 Å². The number of piperidine rings is 1. The molecular formula is C17H28N4O2. The van der Waals surface area contributed by atoms with E-state index in [2.05, 4.69) is 19.9 Å². The number of hydrogen-bond acceptors (Lipinski definition) is 6. The van der Waals surface area contributed by atoms with Crippen LogP contribution in [0.5, 0.6) is 0 Å². The maximum absolute atomic E-state index is 6.28. The van der Waals surface area contributed by atoms with Gasteiger partial charge in [0.25, 0.3) is 5.89 Å². The zero-order valence-electron chi connectivity index (χ0n) is 14.1. The smallest absolute Gasteiger partial charge is 0.255 e. The molecule has 0 unspecified atom stereocenters. The van der Waals surface area contributed by atoms with Gasteiger partial charge in [0.15, 0.2) is 5.82 Å². The Balaban J connectivity index is 1.29. The van der Waals surface area contributed by atoms with Gasteiger partial charge in [-0.05, 0) is 52.1 Å². The molecule has 1 aromatic heterocycles. The highest BCUT2D eigenvalue weighted by molar-refractivity contribution is 4.97. The van der Waals surface area contributed by atoms with Crippen LogP contribution in [-0.2, 0) is 4.74 Å². The number of aromatic nitrogens is 2. The molecule has 0 aliphatic carbocycles. The number of rotatable bonds is 4. The third-order valence-electron chi connectivity index (χ3n) is 5.63. The van der Waals surface area contributed by atoms with E-state index in [1.54, 1.807) is 0 Å². The van der Waals surface area contributed by atoms with Gasteiger partial charge in [-0.1, -0.05) is 11.6 Å². The van der Waals surface area contributed by atoms with E-state index in [0.29, 0.717) is 23.9 Å². The second-order valence-corrected chi connectivity index (χ2v) is 7.21. The van der Waals surface area contributed by atoms with Crippen LogP contribution in [0.15, 0.2) is 4.52 Å². The Labute approximate surface area is 138 Å². The van der Waals surface area contributed by atoms with E-state index in [4.69, 9.17) is 9.26 Å². The molecule has 0 N–H and O–H groups in total. The Kier molecular flexibility index (Phi) is 4.64. The van der Waals surface area contributed by atoms with Crippen LogP contribution in [0.3, 0.4) is 0 Å². The molecule has 1 aromatic rings. The van der Waals surface area contributed by atoms with E-state index in [-0.39, 0.29) is 6.10 Å². The van der Waals surface area contributed by atoms with Crippen molar-refractivity contribution in [3.8, 4) is 0 Å². The Morgan fingerprint density at radius 1 is 1.04 bits per heavy atom. The standard InChI is InChI=1S/C17H28N4O2/c1-13-18-17(23-19-13)16-6-5-14-15(22-16)7-10-21(14)12-11-20-8-3-2-4-9-20/h14-16H,2-12H2,1H3/t14-,15-,16+/m1/s1. The van der Waals surface area contributed by atoms with Crippen molar-refractivity contribution in [1.29, 1.82) is 0 Å². The Bertz CT molecular complexity index is 514. The van der Waals surface area contributed by atoms with Crippen molar-refractivity contribution >= 4 is 0 Å². The number of nitrogens with zero attached hydrogens (tertiary/aromatic N) is 4. The first-order chi connectivity index (χ1) is 11.3. The first-order valence-electron chi connectivity index (χ1n) is 9.22. The predicted molar refractivity (Wildman–Crippen MR) is 86.2 cm³/mol. The van der Waals surface area contributed by atoms with Crippen molar-refractivity contribution in [2.75, 3.05) is 32.7 Å². The molecule has 0 aromatic carbocycles. The molecule has 3 fully saturated rings. The number of likely N-dealkylation sites (tertiary alicyclic amines) is 2. The van der Waals surface area contributed by atoms with E-state index < -0.39 is 0 Å². The largest absolute Gasteiger partial charge is 0.363 e. The van der Waals surface area contributed by atoms with Crippen LogP contribution in [0.1, 0.15) is 56.3 Å². The maximum Gasteiger partial charge on any atom is 0.255 e. The third-order valence-corrected chi connectivity index (χ3v) is 5.63. The molecule has 6 heteroatoms. The second-order valence-electron chi connectivity index (χ2n) is 7.21. The molecule has 0 amide bonds. The van der Waals surface area contributed by atoms with Crippen LogP contribution < -0.4 is 0 Å². The summed E-state index contributed by atoms with van der Waals surface area (Å²) in [7, 11) is 0. The van der Waals surface area contributed by atoms with E-state index >= 15 is 0 Å². The van der Waals surface area contributed by atoms with Gasteiger partial charge >= 0.3 is 0 Å². The molecule has 0 bridgehead atoms. The summed E-state index contributed by atoms with van der Waals surface area (Å²) in [5, 5.41) is 3.89. The molecule has 3 aliphatic heterocycles. The van der Waals surface area contributed by atoms with Crippen LogP contribution in [0, 0.1) is 6.92 Å². The zero-order valence-corrected chi connectivity index (χ0v) is 14.1. The number of ether oxygens (including phenoxy) is 1. The molecule has 23 heavy (non-hydrogen) atoms. The topological polar surface area (TPSA) is 54.6 Å². The van der Waals surface area contributed by atoms with Crippen LogP contribution in [0.4, 0.5) is 0 Å². The minimum atomic E-state index is -0.000468. The fourth-order valence-corrected chi connectivity index (χ4v) is 4.37. The minimum absolute atomic E-state index is 0.000468. The van der Waals surface area contributed by atoms with Crippen molar-refractivity contribution in [3.05, 3.63) is 11.7 Å². The summed E-state index contributed by atoms with van der Waals surface area (Å²) in [5.74, 6) is 1.35. The summed E-state index contributed by atoms with van der Waals surface area (Å²) in [6.45, 7) is 8.01. The minimum Gasteiger partial charge on any atom is -0.363 e. The Morgan fingerprint density at radius 3 is 2.70 bits per heavy atom. The van der Waals surface area contributed by atoms with Gasteiger partial charge < -0.3 is 14.2 Å². The van der Waals surface area contributed by atoms with E-state index in [1.807, 2.05) is 6.92 Å². The number of hydrogen-bond donors (Lipinski definition) is 0. The van der Waals surface area contributed by atoms with Gasteiger partial charge in [0.1, 0.15) is 6.10 Å². The van der Waals surface area contributed by atoms with E-state index in [9.17, 15) is 0 Å². The fraction of sp³-hybridized carbons (Fsp3) is 0.882. The molecule has 3 aliphatic rings. The lowest BCUT2D eigenvalue weighted by atomic mass is 9.99. The SMILES string of the molecule is Cc1noc([C@@H]2CC[C@@H]3[C@@H](CCN3CCN3CCCCC3)O2)n1. The molecular weight excluding hydrogens is 292 g/mol. The average molecular weight is 320 g/mol. The average Bonchev–Trinajstić information content (AvgIpc) is 3.19. The summed E-state index contributed by atoms with van der Waals surface area (Å²) in [4.78, 5) is 9.62. The molecule has 0 saturated carbocycles. The maximum atomic E-state index is 6.28. The summed E-state index contributed by atoms with van der Waals surface area (Å²) in [6.07, 6.45) is 7.80. The van der Waals surface area contributed by atoms with E-state index in [0.717, 1.165) is 12.8 Å². The van der Waals surface area contributed by atoms with Crippen molar-refractivity contribution in [2.24, 2.45) is 0 Å². The highest BCUT2D eigenvalue weighted by atomic mass is 16.5. The van der Waals surface area contributed by atoms with Crippen molar-refractivity contribution in [3.63, 3.8) is 0 Å². The molecule has 4 heterocycles. The molecule has 0 radical (unpaired) electrons. The van der Waals surface area contributed by atoms with E-state index in [1.165, 1.54) is 58.4 Å². The lowest BCUT2D eigenvalue weighted by molar-refractivity contribution is -0.0828. The van der Waals surface area contributed by atoms with Crippen molar-refractivity contribution in [1.82, 2.24) is 19.9 Å². The van der Waals surface area contributed by atoms with Gasteiger partial charge in [0, 0.05) is 25.7 Å². The predicted octanol–water partition coefficient (Wildman–Crippen LogP) is 2.16. The highest BCUT2D eigenvalue weighted by Gasteiger charge is 2.41. The molecule has 6 nitrogen and oxygen atoms in total. The van der Waals surface area contributed by atoms with Gasteiger partial charge in [0.2, 0.25) is 0 Å². The van der Waals surface area contributed by atoms with Gasteiger partial charge in [-0.25, -0.2) is 0 Å². The quantitative estimate of drug-likeness (QED) is 0.847. The normalized spacial score (nSPS) is 33.0. The molecule has 3 atom stereocenters. The number of aryl methyl sites for hydroxylation is 1. The number of fused-ring (bicyclic) bond motifs is 1.